The van der Waals surface area contributed by atoms with Crippen molar-refractivity contribution in [2.45, 2.75) is 12.8 Å². The van der Waals surface area contributed by atoms with Crippen LogP contribution in [0, 0.1) is 0 Å². The lowest BCUT2D eigenvalue weighted by Gasteiger charge is -1.99. The van der Waals surface area contributed by atoms with Crippen LogP contribution in [-0.2, 0) is 11.2 Å². The number of rotatable bonds is 6. The maximum Gasteiger partial charge on any atom is 0.261 e. The zero-order chi connectivity index (χ0) is 12.1. The van der Waals surface area contributed by atoms with Crippen LogP contribution >= 0.6 is 0 Å². The Labute approximate surface area is 94.2 Å². The Morgan fingerprint density at radius 1 is 1.47 bits per heavy atom. The van der Waals surface area contributed by atoms with Gasteiger partial charge in [-0.1, -0.05) is 5.16 Å². The van der Waals surface area contributed by atoms with E-state index in [1.165, 1.54) is 6.33 Å². The fraction of sp³-hybridized carbons (Fsp3) is 0.500. The summed E-state index contributed by atoms with van der Waals surface area (Å²) in [4.78, 5) is 7.83. The third kappa shape index (κ3) is 3.28. The molecule has 0 bridgehead atoms. The molecule has 0 aliphatic heterocycles. The van der Waals surface area contributed by atoms with E-state index in [0.717, 1.165) is 0 Å². The monoisotopic (exact) mass is 245 g/mol. The van der Waals surface area contributed by atoms with Crippen LogP contribution in [0.3, 0.4) is 0 Å². The van der Waals surface area contributed by atoms with Gasteiger partial charge in [-0.15, -0.1) is 0 Å². The highest BCUT2D eigenvalue weighted by Crippen LogP contribution is 2.09. The van der Waals surface area contributed by atoms with Gasteiger partial charge in [0.1, 0.15) is 12.9 Å². The molecular weight excluding hydrogens is 236 g/mol. The molecule has 0 fully saturated rings. The number of hydrogen-bond donors (Lipinski definition) is 1. The lowest BCUT2D eigenvalue weighted by molar-refractivity contribution is 0.0171. The summed E-state index contributed by atoms with van der Waals surface area (Å²) >= 11 is 0. The second-order valence-electron chi connectivity index (χ2n) is 3.06. The van der Waals surface area contributed by atoms with E-state index in [2.05, 4.69) is 30.1 Å². The minimum Gasteiger partial charge on any atom is -0.375 e. The second-order valence-corrected chi connectivity index (χ2v) is 3.06. The van der Waals surface area contributed by atoms with Crippen LogP contribution in [0.5, 0.6) is 0 Å². The normalized spacial score (nSPS) is 11.2. The summed E-state index contributed by atoms with van der Waals surface area (Å²) in [7, 11) is 0. The predicted octanol–water partition coefficient (Wildman–Crippen LogP) is 0.679. The van der Waals surface area contributed by atoms with Gasteiger partial charge < -0.3 is 9.26 Å². The number of alkyl halides is 2. The summed E-state index contributed by atoms with van der Waals surface area (Å²) in [6.07, 6.45) is -0.882. The molecule has 1 N–H and O–H groups in total. The maximum atomic E-state index is 11.8. The number of nitrogens with zero attached hydrogens (tertiary/aromatic N) is 4. The van der Waals surface area contributed by atoms with Crippen molar-refractivity contribution in [3.63, 3.8) is 0 Å². The van der Waals surface area contributed by atoms with Crippen LogP contribution in [0.2, 0.25) is 0 Å². The summed E-state index contributed by atoms with van der Waals surface area (Å²) in [5.41, 5.74) is 0. The van der Waals surface area contributed by atoms with Crippen molar-refractivity contribution in [1.82, 2.24) is 25.3 Å². The van der Waals surface area contributed by atoms with E-state index in [4.69, 9.17) is 4.52 Å². The van der Waals surface area contributed by atoms with Crippen molar-refractivity contribution < 1.29 is 18.0 Å². The molecule has 7 nitrogen and oxygen atoms in total. The second kappa shape index (κ2) is 5.43. The Kier molecular flexibility index (Phi) is 3.70. The largest absolute Gasteiger partial charge is 0.375 e. The van der Waals surface area contributed by atoms with E-state index < -0.39 is 13.0 Å². The molecule has 0 atom stereocenters. The fourth-order valence-electron chi connectivity index (χ4n) is 1.10. The lowest BCUT2D eigenvalue weighted by atomic mass is 10.4. The number of halogens is 2. The molecule has 0 aliphatic rings. The molecule has 2 rings (SSSR count). The zero-order valence-electron chi connectivity index (χ0n) is 8.64. The van der Waals surface area contributed by atoms with Crippen LogP contribution in [0.4, 0.5) is 8.78 Å². The van der Waals surface area contributed by atoms with Gasteiger partial charge in [0.15, 0.2) is 5.82 Å². The Morgan fingerprint density at radius 3 is 3.06 bits per heavy atom. The van der Waals surface area contributed by atoms with Gasteiger partial charge in [0, 0.05) is 0 Å². The molecule has 0 saturated carbocycles. The summed E-state index contributed by atoms with van der Waals surface area (Å²) < 4.78 is 33.1. The van der Waals surface area contributed by atoms with Gasteiger partial charge in [-0.05, 0) is 0 Å². The average Bonchev–Trinajstić information content (AvgIpc) is 2.94. The molecule has 0 aromatic carbocycles. The smallest absolute Gasteiger partial charge is 0.261 e. The maximum absolute atomic E-state index is 11.8. The SMILES string of the molecule is FC(F)COCCc1nc(-c2ncn[nH]2)no1. The molecule has 0 saturated heterocycles. The molecular formula is C8H9F2N5O2. The molecule has 2 heterocycles. The first-order chi connectivity index (χ1) is 8.25. The first kappa shape index (κ1) is 11.6. The zero-order valence-corrected chi connectivity index (χ0v) is 8.64. The van der Waals surface area contributed by atoms with E-state index >= 15 is 0 Å². The third-order valence-electron chi connectivity index (χ3n) is 1.80. The van der Waals surface area contributed by atoms with E-state index in [-0.39, 0.29) is 18.9 Å². The Morgan fingerprint density at radius 2 is 2.35 bits per heavy atom. The molecule has 2 aromatic rings. The van der Waals surface area contributed by atoms with E-state index in [9.17, 15) is 8.78 Å². The summed E-state index contributed by atoms with van der Waals surface area (Å²) in [6, 6.07) is 0. The summed E-state index contributed by atoms with van der Waals surface area (Å²) in [5, 5.41) is 9.86. The number of ether oxygens (including phenoxy) is 1. The van der Waals surface area contributed by atoms with Crippen LogP contribution in [0.15, 0.2) is 10.9 Å². The van der Waals surface area contributed by atoms with Gasteiger partial charge in [-0.3, -0.25) is 5.10 Å². The Bertz CT molecular complexity index is 444. The minimum atomic E-state index is -2.47. The van der Waals surface area contributed by atoms with Crippen LogP contribution in [-0.4, -0.2) is 45.0 Å². The van der Waals surface area contributed by atoms with Gasteiger partial charge in [0.05, 0.1) is 13.0 Å². The predicted molar refractivity (Wildman–Crippen MR) is 50.2 cm³/mol. The van der Waals surface area contributed by atoms with Gasteiger partial charge >= 0.3 is 0 Å². The highest BCUT2D eigenvalue weighted by molar-refractivity contribution is 5.39. The van der Waals surface area contributed by atoms with Gasteiger partial charge in [0.25, 0.3) is 6.43 Å². The van der Waals surface area contributed by atoms with Gasteiger partial charge in [-0.25, -0.2) is 13.8 Å². The standard InChI is InChI=1S/C8H9F2N5O2/c9-5(10)3-16-2-1-6-13-8(15-17-6)7-11-4-12-14-7/h4-5H,1-3H2,(H,11,12,14). The molecule has 92 valence electrons. The van der Waals surface area contributed by atoms with Crippen LogP contribution in [0.1, 0.15) is 5.89 Å². The number of aromatic nitrogens is 5. The van der Waals surface area contributed by atoms with Crippen molar-refractivity contribution in [2.75, 3.05) is 13.2 Å². The molecule has 9 heteroatoms. The van der Waals surface area contributed by atoms with Crippen molar-refractivity contribution >= 4 is 0 Å². The van der Waals surface area contributed by atoms with Gasteiger partial charge in [-0.2, -0.15) is 10.1 Å². The number of hydrogen-bond acceptors (Lipinski definition) is 6. The Hall–Kier alpha value is -1.90. The Balaban J connectivity index is 1.83. The molecule has 17 heavy (non-hydrogen) atoms. The third-order valence-corrected chi connectivity index (χ3v) is 1.80. The van der Waals surface area contributed by atoms with Gasteiger partial charge in [0.2, 0.25) is 11.7 Å². The summed E-state index contributed by atoms with van der Waals surface area (Å²) in [5.74, 6) is 0.950. The summed E-state index contributed by atoms with van der Waals surface area (Å²) in [6.45, 7) is -0.495. The topological polar surface area (TPSA) is 89.7 Å². The van der Waals surface area contributed by atoms with E-state index in [1.807, 2.05) is 0 Å². The van der Waals surface area contributed by atoms with Crippen molar-refractivity contribution in [3.05, 3.63) is 12.2 Å². The highest BCUT2D eigenvalue weighted by Gasteiger charge is 2.11. The number of nitrogens with one attached hydrogen (secondary N) is 1. The first-order valence-electron chi connectivity index (χ1n) is 4.80. The van der Waals surface area contributed by atoms with E-state index in [1.54, 1.807) is 0 Å². The number of aromatic amines is 1. The van der Waals surface area contributed by atoms with Crippen LogP contribution < -0.4 is 0 Å². The molecule has 2 aromatic heterocycles. The molecule has 0 unspecified atom stereocenters. The quantitative estimate of drug-likeness (QED) is 0.752. The fourth-order valence-corrected chi connectivity index (χ4v) is 1.10. The molecule has 0 amide bonds. The number of H-pyrrole nitrogens is 1. The molecule has 0 radical (unpaired) electrons. The average molecular weight is 245 g/mol. The van der Waals surface area contributed by atoms with E-state index in [0.29, 0.717) is 11.7 Å². The lowest BCUT2D eigenvalue weighted by Crippen LogP contribution is -2.07. The first-order valence-corrected chi connectivity index (χ1v) is 4.80. The van der Waals surface area contributed by atoms with Crippen molar-refractivity contribution in [3.8, 4) is 11.6 Å². The van der Waals surface area contributed by atoms with Crippen molar-refractivity contribution in [2.24, 2.45) is 0 Å². The molecule has 0 aliphatic carbocycles. The molecule has 0 spiro atoms. The minimum absolute atomic E-state index is 0.0996. The van der Waals surface area contributed by atoms with Crippen LogP contribution in [0.25, 0.3) is 11.6 Å². The highest BCUT2D eigenvalue weighted by atomic mass is 19.3. The van der Waals surface area contributed by atoms with Crippen molar-refractivity contribution in [1.29, 1.82) is 0 Å².